The van der Waals surface area contributed by atoms with Gasteiger partial charge in [0.15, 0.2) is 0 Å². The van der Waals surface area contributed by atoms with E-state index in [2.05, 4.69) is 0 Å². The number of hydrogen-bond acceptors (Lipinski definition) is 4. The van der Waals surface area contributed by atoms with Gasteiger partial charge < -0.3 is 5.11 Å². The lowest BCUT2D eigenvalue weighted by Gasteiger charge is -2.30. The summed E-state index contributed by atoms with van der Waals surface area (Å²) >= 11 is 0. The summed E-state index contributed by atoms with van der Waals surface area (Å²) in [6.45, 7) is 5.25. The smallest absolute Gasteiger partial charge is 0.277 e. The molecule has 0 amide bonds. The zero-order chi connectivity index (χ0) is 12.4. The molecule has 5 heteroatoms. The van der Waals surface area contributed by atoms with Crippen LogP contribution in [0.25, 0.3) is 0 Å². The molecule has 1 aliphatic carbocycles. The number of rotatable bonds is 4. The molecule has 0 spiro atoms. The highest BCUT2D eigenvalue weighted by molar-refractivity contribution is 7.87. The summed E-state index contributed by atoms with van der Waals surface area (Å²) in [4.78, 5) is 0. The Morgan fingerprint density at radius 2 is 2.19 bits per heavy atom. The molecule has 92 valence electrons. The van der Waals surface area contributed by atoms with Gasteiger partial charge in [-0.15, -0.1) is 0 Å². The predicted molar refractivity (Wildman–Crippen MR) is 62.5 cm³/mol. The zero-order valence-corrected chi connectivity index (χ0v) is 10.6. The maximum absolute atomic E-state index is 11.8. The molecule has 0 aliphatic heterocycles. The van der Waals surface area contributed by atoms with E-state index in [9.17, 15) is 13.5 Å². The van der Waals surface area contributed by atoms with Crippen molar-refractivity contribution in [2.75, 3.05) is 6.61 Å². The average molecular weight is 246 g/mol. The first-order valence-corrected chi connectivity index (χ1v) is 6.75. The third-order valence-electron chi connectivity index (χ3n) is 2.39. The fraction of sp³-hybridized carbons (Fsp3) is 0.636. The van der Waals surface area contributed by atoms with Crippen LogP contribution >= 0.6 is 0 Å². The fourth-order valence-electron chi connectivity index (χ4n) is 1.69. The highest BCUT2D eigenvalue weighted by Gasteiger charge is 2.40. The van der Waals surface area contributed by atoms with Crippen molar-refractivity contribution >= 4 is 10.1 Å². The van der Waals surface area contributed by atoms with Gasteiger partial charge in [0.25, 0.3) is 10.1 Å². The molecule has 0 aromatic carbocycles. The molecular formula is C11H18O4S. The van der Waals surface area contributed by atoms with E-state index in [1.54, 1.807) is 13.0 Å². The van der Waals surface area contributed by atoms with Gasteiger partial charge >= 0.3 is 0 Å². The molecule has 0 fully saturated rings. The number of allylic oxidation sites excluding steroid dienone is 2. The quantitative estimate of drug-likeness (QED) is 0.761. The Labute approximate surface area is 96.7 Å². The van der Waals surface area contributed by atoms with Crippen molar-refractivity contribution in [3.63, 3.8) is 0 Å². The minimum Gasteiger partial charge on any atom is -0.384 e. The van der Waals surface area contributed by atoms with Gasteiger partial charge in [-0.25, -0.2) is 0 Å². The van der Waals surface area contributed by atoms with Gasteiger partial charge in [-0.05, 0) is 26.3 Å². The Balaban J connectivity index is 2.94. The van der Waals surface area contributed by atoms with E-state index in [1.807, 2.05) is 6.92 Å². The Morgan fingerprint density at radius 1 is 1.56 bits per heavy atom. The average Bonchev–Trinajstić information content (AvgIpc) is 2.12. The van der Waals surface area contributed by atoms with E-state index >= 15 is 0 Å². The minimum atomic E-state index is -3.76. The zero-order valence-electron chi connectivity index (χ0n) is 9.80. The SMILES string of the molecule is CCCOS(=O)(=O)C1C=CC(C)=CC1(C)O. The first-order valence-electron chi connectivity index (χ1n) is 5.28. The summed E-state index contributed by atoms with van der Waals surface area (Å²) in [5.74, 6) is 0. The Bertz CT molecular complexity index is 404. The Kier molecular flexibility index (Phi) is 3.93. The molecule has 0 bridgehead atoms. The lowest BCUT2D eigenvalue weighted by Crippen LogP contribution is -2.44. The van der Waals surface area contributed by atoms with E-state index in [1.165, 1.54) is 19.1 Å². The van der Waals surface area contributed by atoms with Crippen molar-refractivity contribution in [1.29, 1.82) is 0 Å². The van der Waals surface area contributed by atoms with Crippen LogP contribution in [0.3, 0.4) is 0 Å². The van der Waals surface area contributed by atoms with Crippen LogP contribution in [0, 0.1) is 0 Å². The van der Waals surface area contributed by atoms with Gasteiger partial charge in [-0.1, -0.05) is 24.6 Å². The van der Waals surface area contributed by atoms with Gasteiger partial charge in [-0.3, -0.25) is 4.18 Å². The van der Waals surface area contributed by atoms with Crippen LogP contribution in [0.1, 0.15) is 27.2 Å². The lowest BCUT2D eigenvalue weighted by molar-refractivity contribution is 0.111. The normalized spacial score (nSPS) is 30.2. The molecule has 1 N–H and O–H groups in total. The van der Waals surface area contributed by atoms with Crippen LogP contribution in [0.15, 0.2) is 23.8 Å². The van der Waals surface area contributed by atoms with Crippen LogP contribution < -0.4 is 0 Å². The van der Waals surface area contributed by atoms with Crippen molar-refractivity contribution in [3.8, 4) is 0 Å². The highest BCUT2D eigenvalue weighted by Crippen LogP contribution is 2.27. The second kappa shape index (κ2) is 4.69. The maximum atomic E-state index is 11.8. The lowest BCUT2D eigenvalue weighted by atomic mass is 9.94. The molecule has 2 unspecified atom stereocenters. The second-order valence-electron chi connectivity index (χ2n) is 4.21. The van der Waals surface area contributed by atoms with E-state index in [4.69, 9.17) is 4.18 Å². The van der Waals surface area contributed by atoms with Crippen LogP contribution in [-0.2, 0) is 14.3 Å². The molecule has 0 aromatic rings. The molecule has 0 heterocycles. The summed E-state index contributed by atoms with van der Waals surface area (Å²) in [6.07, 6.45) is 5.30. The second-order valence-corrected chi connectivity index (χ2v) is 5.94. The third kappa shape index (κ3) is 2.93. The highest BCUT2D eigenvalue weighted by atomic mass is 32.2. The molecule has 0 radical (unpaired) electrons. The molecule has 0 saturated carbocycles. The predicted octanol–water partition coefficient (Wildman–Crippen LogP) is 1.38. The molecule has 0 aromatic heterocycles. The van der Waals surface area contributed by atoms with Crippen molar-refractivity contribution in [3.05, 3.63) is 23.8 Å². The van der Waals surface area contributed by atoms with Crippen LogP contribution in [0.2, 0.25) is 0 Å². The molecular weight excluding hydrogens is 228 g/mol. The third-order valence-corrected chi connectivity index (χ3v) is 4.14. The van der Waals surface area contributed by atoms with Gasteiger partial charge in [0, 0.05) is 0 Å². The summed E-state index contributed by atoms with van der Waals surface area (Å²) in [6, 6.07) is 0. The molecule has 1 aliphatic rings. The van der Waals surface area contributed by atoms with Gasteiger partial charge in [0.05, 0.1) is 6.61 Å². The summed E-state index contributed by atoms with van der Waals surface area (Å²) in [7, 11) is -3.76. The van der Waals surface area contributed by atoms with E-state index < -0.39 is 21.0 Å². The fourth-order valence-corrected chi connectivity index (χ4v) is 3.16. The minimum absolute atomic E-state index is 0.144. The summed E-state index contributed by atoms with van der Waals surface area (Å²) < 4.78 is 28.4. The van der Waals surface area contributed by atoms with E-state index in [0.717, 1.165) is 5.57 Å². The number of aliphatic hydroxyl groups is 1. The van der Waals surface area contributed by atoms with Crippen LogP contribution in [-0.4, -0.2) is 31.0 Å². The molecule has 0 saturated heterocycles. The monoisotopic (exact) mass is 246 g/mol. The van der Waals surface area contributed by atoms with Crippen LogP contribution in [0.4, 0.5) is 0 Å². The summed E-state index contributed by atoms with van der Waals surface area (Å²) in [5.41, 5.74) is -0.572. The molecule has 16 heavy (non-hydrogen) atoms. The van der Waals surface area contributed by atoms with Gasteiger partial charge in [0.2, 0.25) is 0 Å². The standard InChI is InChI=1S/C11H18O4S/c1-4-7-15-16(13,14)10-6-5-9(2)8-11(10,3)12/h5-6,8,10,12H,4,7H2,1-3H3. The van der Waals surface area contributed by atoms with Gasteiger partial charge in [-0.2, -0.15) is 8.42 Å². The van der Waals surface area contributed by atoms with E-state index in [-0.39, 0.29) is 6.61 Å². The van der Waals surface area contributed by atoms with Crippen LogP contribution in [0.5, 0.6) is 0 Å². The van der Waals surface area contributed by atoms with Crippen molar-refractivity contribution in [1.82, 2.24) is 0 Å². The van der Waals surface area contributed by atoms with Crippen molar-refractivity contribution < 1.29 is 17.7 Å². The first kappa shape index (κ1) is 13.4. The topological polar surface area (TPSA) is 63.6 Å². The van der Waals surface area contributed by atoms with E-state index in [0.29, 0.717) is 6.42 Å². The molecule has 2 atom stereocenters. The summed E-state index contributed by atoms with van der Waals surface area (Å²) in [5, 5.41) is 9.02. The van der Waals surface area contributed by atoms with Crippen molar-refractivity contribution in [2.45, 2.75) is 38.0 Å². The maximum Gasteiger partial charge on any atom is 0.277 e. The Hall–Kier alpha value is -0.650. The molecule has 1 rings (SSSR count). The van der Waals surface area contributed by atoms with Crippen molar-refractivity contribution in [2.24, 2.45) is 0 Å². The largest absolute Gasteiger partial charge is 0.384 e. The number of hydrogen-bond donors (Lipinski definition) is 1. The van der Waals surface area contributed by atoms with Gasteiger partial charge in [0.1, 0.15) is 10.9 Å². The molecule has 4 nitrogen and oxygen atoms in total. The first-order chi connectivity index (χ1) is 7.29. The Morgan fingerprint density at radius 3 is 2.69 bits per heavy atom.